The average Bonchev–Trinajstić information content (AvgIpc) is 2.55. The number of hydrogen-bond donors (Lipinski definition) is 1. The van der Waals surface area contributed by atoms with Gasteiger partial charge in [0.25, 0.3) is 0 Å². The van der Waals surface area contributed by atoms with Crippen molar-refractivity contribution in [1.29, 1.82) is 0 Å². The Balaban J connectivity index is 1.73. The number of carbonyl (C=O) groups is 2. The number of amides is 1. The quantitative estimate of drug-likeness (QED) is 0.851. The van der Waals surface area contributed by atoms with E-state index in [0.717, 1.165) is 0 Å². The van der Waals surface area contributed by atoms with E-state index in [2.05, 4.69) is 0 Å². The summed E-state index contributed by atoms with van der Waals surface area (Å²) in [7, 11) is 0. The lowest BCUT2D eigenvalue weighted by Gasteiger charge is -2.39. The molecule has 6 nitrogen and oxygen atoms in total. The summed E-state index contributed by atoms with van der Waals surface area (Å²) in [4.78, 5) is 25.0. The molecule has 1 amide bonds. The first-order valence-electron chi connectivity index (χ1n) is 8.89. The van der Waals surface area contributed by atoms with Crippen LogP contribution in [-0.2, 0) is 4.74 Å². The Bertz CT molecular complexity index is 900. The maximum atomic E-state index is 13.5. The molecule has 0 saturated carbocycles. The molecular formula is C21H22FNO5. The van der Waals surface area contributed by atoms with E-state index >= 15 is 0 Å². The minimum Gasteiger partial charge on any atom is -0.487 e. The number of likely N-dealkylation sites (tertiary alicyclic amines) is 1. The molecule has 1 aliphatic rings. The van der Waals surface area contributed by atoms with E-state index in [0.29, 0.717) is 30.0 Å². The molecule has 0 atom stereocenters. The Kier molecular flexibility index (Phi) is 5.27. The van der Waals surface area contributed by atoms with Gasteiger partial charge in [0, 0.05) is 0 Å². The first-order chi connectivity index (χ1) is 13.1. The molecule has 1 N–H and O–H groups in total. The van der Waals surface area contributed by atoms with Gasteiger partial charge in [-0.3, -0.25) is 0 Å². The third-order valence-corrected chi connectivity index (χ3v) is 4.11. The second-order valence-electron chi connectivity index (χ2n) is 7.69. The van der Waals surface area contributed by atoms with Crippen molar-refractivity contribution in [3.8, 4) is 16.9 Å². The molecule has 3 rings (SSSR count). The van der Waals surface area contributed by atoms with Crippen molar-refractivity contribution >= 4 is 12.1 Å². The van der Waals surface area contributed by atoms with Crippen LogP contribution in [0.3, 0.4) is 0 Å². The second-order valence-corrected chi connectivity index (χ2v) is 7.69. The number of halogens is 1. The fourth-order valence-corrected chi connectivity index (χ4v) is 2.81. The maximum absolute atomic E-state index is 13.5. The summed E-state index contributed by atoms with van der Waals surface area (Å²) in [6.45, 7) is 6.08. The molecule has 1 aliphatic heterocycles. The maximum Gasteiger partial charge on any atom is 0.410 e. The van der Waals surface area contributed by atoms with E-state index in [1.807, 2.05) is 0 Å². The highest BCUT2D eigenvalue weighted by Crippen LogP contribution is 2.29. The first kappa shape index (κ1) is 19.7. The van der Waals surface area contributed by atoms with Crippen LogP contribution in [0.5, 0.6) is 5.75 Å². The van der Waals surface area contributed by atoms with Crippen molar-refractivity contribution in [2.45, 2.75) is 32.5 Å². The molecule has 1 fully saturated rings. The van der Waals surface area contributed by atoms with Gasteiger partial charge in [-0.25, -0.2) is 14.0 Å². The van der Waals surface area contributed by atoms with Gasteiger partial charge in [-0.1, -0.05) is 12.1 Å². The van der Waals surface area contributed by atoms with Crippen LogP contribution < -0.4 is 4.74 Å². The molecule has 1 saturated heterocycles. The van der Waals surface area contributed by atoms with Crippen molar-refractivity contribution in [3.63, 3.8) is 0 Å². The highest BCUT2D eigenvalue weighted by molar-refractivity contribution is 5.90. The van der Waals surface area contributed by atoms with Crippen LogP contribution in [0.25, 0.3) is 11.1 Å². The molecular weight excluding hydrogens is 365 g/mol. The lowest BCUT2D eigenvalue weighted by molar-refractivity contribution is -0.0221. The summed E-state index contributed by atoms with van der Waals surface area (Å²) in [5.41, 5.74) is 0.563. The molecule has 2 aromatic carbocycles. The van der Waals surface area contributed by atoms with Gasteiger partial charge >= 0.3 is 12.1 Å². The van der Waals surface area contributed by atoms with E-state index in [1.165, 1.54) is 29.2 Å². The predicted octanol–water partition coefficient (Wildman–Crippen LogP) is 4.19. The SMILES string of the molecule is CC(C)(C)OC(=O)N1CC(Oc2cc(C(=O)O)cc(-c3cccc(F)c3)c2)C1. The Hall–Kier alpha value is -3.09. The van der Waals surface area contributed by atoms with Crippen LogP contribution in [0.15, 0.2) is 42.5 Å². The summed E-state index contributed by atoms with van der Waals surface area (Å²) in [5, 5.41) is 9.36. The largest absolute Gasteiger partial charge is 0.487 e. The zero-order valence-electron chi connectivity index (χ0n) is 15.9. The molecule has 28 heavy (non-hydrogen) atoms. The van der Waals surface area contributed by atoms with Crippen molar-refractivity contribution < 1.29 is 28.6 Å². The molecule has 0 unspecified atom stereocenters. The number of nitrogens with zero attached hydrogens (tertiary/aromatic N) is 1. The molecule has 0 bridgehead atoms. The number of rotatable bonds is 4. The van der Waals surface area contributed by atoms with Crippen LogP contribution in [0.1, 0.15) is 31.1 Å². The Morgan fingerprint density at radius 3 is 2.43 bits per heavy atom. The summed E-state index contributed by atoms with van der Waals surface area (Å²) < 4.78 is 24.7. The molecule has 0 aliphatic carbocycles. The van der Waals surface area contributed by atoms with E-state index < -0.39 is 23.5 Å². The fourth-order valence-electron chi connectivity index (χ4n) is 2.81. The highest BCUT2D eigenvalue weighted by atomic mass is 19.1. The van der Waals surface area contributed by atoms with E-state index in [-0.39, 0.29) is 11.7 Å². The average molecular weight is 387 g/mol. The summed E-state index contributed by atoms with van der Waals surface area (Å²) >= 11 is 0. The van der Waals surface area contributed by atoms with Crippen molar-refractivity contribution in [1.82, 2.24) is 4.90 Å². The van der Waals surface area contributed by atoms with Gasteiger partial charge in [-0.15, -0.1) is 0 Å². The van der Waals surface area contributed by atoms with Gasteiger partial charge in [0.15, 0.2) is 0 Å². The minimum atomic E-state index is -1.10. The van der Waals surface area contributed by atoms with Crippen LogP contribution in [0.2, 0.25) is 0 Å². The van der Waals surface area contributed by atoms with Gasteiger partial charge in [0.2, 0.25) is 0 Å². The van der Waals surface area contributed by atoms with Crippen LogP contribution in [0.4, 0.5) is 9.18 Å². The first-order valence-corrected chi connectivity index (χ1v) is 8.89. The summed E-state index contributed by atoms with van der Waals surface area (Å²) in [5.74, 6) is -1.16. The zero-order valence-corrected chi connectivity index (χ0v) is 15.9. The number of carboxylic acid groups (broad SMARTS) is 1. The number of benzene rings is 2. The number of carbonyl (C=O) groups excluding carboxylic acids is 1. The van der Waals surface area contributed by atoms with Gasteiger partial charge in [-0.2, -0.15) is 0 Å². The highest BCUT2D eigenvalue weighted by Gasteiger charge is 2.35. The summed E-state index contributed by atoms with van der Waals surface area (Å²) in [6.07, 6.45) is -0.677. The lowest BCUT2D eigenvalue weighted by atomic mass is 10.0. The third-order valence-electron chi connectivity index (χ3n) is 4.11. The predicted molar refractivity (Wildman–Crippen MR) is 101 cm³/mol. The number of hydrogen-bond acceptors (Lipinski definition) is 4. The van der Waals surface area contributed by atoms with Crippen LogP contribution in [-0.4, -0.2) is 46.9 Å². The monoisotopic (exact) mass is 387 g/mol. The summed E-state index contributed by atoms with van der Waals surface area (Å²) in [6, 6.07) is 10.5. The van der Waals surface area contributed by atoms with E-state index in [1.54, 1.807) is 39.0 Å². The smallest absolute Gasteiger partial charge is 0.410 e. The standard InChI is InChI=1S/C21H22FNO5/c1-21(2,3)28-20(26)23-11-18(12-23)27-17-9-14(7-15(10-17)19(24)25)13-5-4-6-16(22)8-13/h4-10,18H,11-12H2,1-3H3,(H,24,25). The molecule has 0 aromatic heterocycles. The third kappa shape index (κ3) is 4.79. The normalized spacial score (nSPS) is 14.4. The Morgan fingerprint density at radius 1 is 1.11 bits per heavy atom. The number of aromatic carboxylic acids is 1. The molecule has 0 spiro atoms. The minimum absolute atomic E-state index is 0.0417. The van der Waals surface area contributed by atoms with Crippen molar-refractivity contribution in [2.24, 2.45) is 0 Å². The van der Waals surface area contributed by atoms with Gasteiger partial charge in [-0.05, 0) is 62.2 Å². The Labute approximate surface area is 162 Å². The molecule has 2 aromatic rings. The van der Waals surface area contributed by atoms with Crippen molar-refractivity contribution in [3.05, 3.63) is 53.8 Å². The molecule has 148 valence electrons. The number of carboxylic acids is 1. The van der Waals surface area contributed by atoms with Crippen LogP contribution in [0, 0.1) is 5.82 Å². The van der Waals surface area contributed by atoms with Crippen LogP contribution >= 0.6 is 0 Å². The van der Waals surface area contributed by atoms with Gasteiger partial charge in [0.1, 0.15) is 23.3 Å². The fraction of sp³-hybridized carbons (Fsp3) is 0.333. The van der Waals surface area contributed by atoms with Crippen molar-refractivity contribution in [2.75, 3.05) is 13.1 Å². The molecule has 0 radical (unpaired) electrons. The van der Waals surface area contributed by atoms with E-state index in [9.17, 15) is 19.1 Å². The number of ether oxygens (including phenoxy) is 2. The Morgan fingerprint density at radius 2 is 1.82 bits per heavy atom. The van der Waals surface area contributed by atoms with Gasteiger partial charge in [0.05, 0.1) is 18.7 Å². The lowest BCUT2D eigenvalue weighted by Crippen LogP contribution is -2.57. The topological polar surface area (TPSA) is 76.1 Å². The molecule has 7 heteroatoms. The zero-order chi connectivity index (χ0) is 20.5. The van der Waals surface area contributed by atoms with Gasteiger partial charge < -0.3 is 19.5 Å². The molecule has 1 heterocycles. The second kappa shape index (κ2) is 7.50. The van der Waals surface area contributed by atoms with E-state index in [4.69, 9.17) is 9.47 Å².